The normalized spacial score (nSPS) is 12.6. The third kappa shape index (κ3) is 5.32. The van der Waals surface area contributed by atoms with Crippen molar-refractivity contribution >= 4 is 28.6 Å². The number of nitrogens with zero attached hydrogens (tertiary/aromatic N) is 2. The number of rotatable bonds is 7. The Balaban J connectivity index is 2.30. The monoisotopic (exact) mass is 438 g/mol. The zero-order valence-corrected chi connectivity index (χ0v) is 20.5. The number of hydrogen-bond donors (Lipinski definition) is 1. The Morgan fingerprint density at radius 1 is 1.10 bits per heavy atom. The average molecular weight is 439 g/mol. The van der Waals surface area contributed by atoms with Crippen molar-refractivity contribution in [3.05, 3.63) is 59.5 Å². The molecule has 0 unspecified atom stereocenters. The molecule has 5 heteroatoms. The van der Waals surface area contributed by atoms with Gasteiger partial charge in [0.15, 0.2) is 0 Å². The Bertz CT molecular complexity index is 1080. The molecule has 0 saturated heterocycles. The summed E-state index contributed by atoms with van der Waals surface area (Å²) in [7, 11) is 0. The van der Waals surface area contributed by atoms with Crippen LogP contribution < -0.4 is 0 Å². The van der Waals surface area contributed by atoms with E-state index < -0.39 is 11.4 Å². The molecular formula is C26H34N2O2S. The van der Waals surface area contributed by atoms with E-state index in [9.17, 15) is 9.90 Å². The second-order valence-electron chi connectivity index (χ2n) is 10.2. The fourth-order valence-corrected chi connectivity index (χ4v) is 4.88. The minimum absolute atomic E-state index is 0.00569. The molecule has 0 saturated carbocycles. The third-order valence-electron chi connectivity index (χ3n) is 5.50. The molecule has 4 nitrogen and oxygen atoms in total. The molecule has 0 aliphatic carbocycles. The lowest BCUT2D eigenvalue weighted by molar-refractivity contribution is -0.146. The smallest absolute Gasteiger partial charge is 0.309 e. The van der Waals surface area contributed by atoms with Gasteiger partial charge in [-0.1, -0.05) is 40.7 Å². The zero-order chi connectivity index (χ0) is 23.0. The first-order chi connectivity index (χ1) is 14.4. The largest absolute Gasteiger partial charge is 0.481 e. The van der Waals surface area contributed by atoms with Crippen LogP contribution in [0.25, 0.3) is 10.9 Å². The third-order valence-corrected chi connectivity index (χ3v) is 6.77. The molecule has 3 rings (SSSR count). The SMILES string of the molecule is CC(C)c1ccc2c(c1)c(SC(C)(C)C)c(CC(C)(C)C(=O)O)n2Cc1ccncc1. The van der Waals surface area contributed by atoms with E-state index in [0.29, 0.717) is 18.9 Å². The molecule has 0 fully saturated rings. The van der Waals surface area contributed by atoms with Crippen molar-refractivity contribution in [1.82, 2.24) is 9.55 Å². The van der Waals surface area contributed by atoms with Gasteiger partial charge < -0.3 is 9.67 Å². The molecule has 166 valence electrons. The van der Waals surface area contributed by atoms with Gasteiger partial charge in [-0.15, -0.1) is 11.8 Å². The van der Waals surface area contributed by atoms with Crippen LogP contribution >= 0.6 is 11.8 Å². The van der Waals surface area contributed by atoms with Gasteiger partial charge >= 0.3 is 5.97 Å². The lowest BCUT2D eigenvalue weighted by atomic mass is 9.88. The highest BCUT2D eigenvalue weighted by Crippen LogP contribution is 2.44. The van der Waals surface area contributed by atoms with Gasteiger partial charge in [0.05, 0.1) is 5.41 Å². The molecule has 0 aliphatic heterocycles. The molecule has 0 aliphatic rings. The Morgan fingerprint density at radius 2 is 1.74 bits per heavy atom. The van der Waals surface area contributed by atoms with Crippen molar-refractivity contribution in [2.45, 2.75) is 77.0 Å². The summed E-state index contributed by atoms with van der Waals surface area (Å²) < 4.78 is 2.32. The summed E-state index contributed by atoms with van der Waals surface area (Å²) in [5, 5.41) is 11.1. The predicted molar refractivity (Wildman–Crippen MR) is 130 cm³/mol. The fourth-order valence-electron chi connectivity index (χ4n) is 3.69. The average Bonchev–Trinajstić information content (AvgIpc) is 2.93. The number of carboxylic acid groups (broad SMARTS) is 1. The molecule has 0 atom stereocenters. The maximum Gasteiger partial charge on any atom is 0.309 e. The van der Waals surface area contributed by atoms with Crippen LogP contribution in [0, 0.1) is 5.41 Å². The van der Waals surface area contributed by atoms with E-state index in [1.54, 1.807) is 0 Å². The summed E-state index contributed by atoms with van der Waals surface area (Å²) in [4.78, 5) is 17.4. The summed E-state index contributed by atoms with van der Waals surface area (Å²) in [5.41, 5.74) is 3.84. The van der Waals surface area contributed by atoms with Crippen molar-refractivity contribution in [2.75, 3.05) is 0 Å². The van der Waals surface area contributed by atoms with Crippen LogP contribution in [-0.4, -0.2) is 25.4 Å². The van der Waals surface area contributed by atoms with Gasteiger partial charge in [-0.3, -0.25) is 9.78 Å². The summed E-state index contributed by atoms with van der Waals surface area (Å²) in [6.45, 7) is 15.4. The lowest BCUT2D eigenvalue weighted by Crippen LogP contribution is -2.28. The number of pyridine rings is 1. The van der Waals surface area contributed by atoms with Crippen molar-refractivity contribution in [3.8, 4) is 0 Å². The molecule has 1 N–H and O–H groups in total. The van der Waals surface area contributed by atoms with Crippen molar-refractivity contribution in [3.63, 3.8) is 0 Å². The number of fused-ring (bicyclic) bond motifs is 1. The predicted octanol–water partition coefficient (Wildman–Crippen LogP) is 6.75. The van der Waals surface area contributed by atoms with Gasteiger partial charge in [-0.2, -0.15) is 0 Å². The second kappa shape index (κ2) is 8.70. The molecule has 3 aromatic rings. The minimum Gasteiger partial charge on any atom is -0.481 e. The van der Waals surface area contributed by atoms with Gasteiger partial charge in [0, 0.05) is 51.6 Å². The van der Waals surface area contributed by atoms with Gasteiger partial charge in [-0.25, -0.2) is 0 Å². The van der Waals surface area contributed by atoms with Gasteiger partial charge in [0.2, 0.25) is 0 Å². The number of benzene rings is 1. The number of carbonyl (C=O) groups is 1. The topological polar surface area (TPSA) is 55.1 Å². The summed E-state index contributed by atoms with van der Waals surface area (Å²) in [6.07, 6.45) is 4.09. The van der Waals surface area contributed by atoms with Crippen molar-refractivity contribution in [1.29, 1.82) is 0 Å². The highest BCUT2D eigenvalue weighted by atomic mass is 32.2. The minimum atomic E-state index is -0.863. The molecular weight excluding hydrogens is 404 g/mol. The summed E-state index contributed by atoms with van der Waals surface area (Å²) in [5.74, 6) is -0.345. The molecule has 0 bridgehead atoms. The quantitative estimate of drug-likeness (QED) is 0.414. The van der Waals surface area contributed by atoms with Gasteiger partial charge in [0.1, 0.15) is 0 Å². The number of hydrogen-bond acceptors (Lipinski definition) is 3. The highest BCUT2D eigenvalue weighted by molar-refractivity contribution is 8.00. The molecule has 0 amide bonds. The summed E-state index contributed by atoms with van der Waals surface area (Å²) in [6, 6.07) is 10.8. The van der Waals surface area contributed by atoms with Crippen LogP contribution in [0.4, 0.5) is 0 Å². The number of aliphatic carboxylic acids is 1. The van der Waals surface area contributed by atoms with Crippen LogP contribution in [0.3, 0.4) is 0 Å². The van der Waals surface area contributed by atoms with E-state index >= 15 is 0 Å². The molecule has 0 spiro atoms. The molecule has 1 aromatic carbocycles. The van der Waals surface area contributed by atoms with E-state index in [0.717, 1.165) is 16.8 Å². The second-order valence-corrected chi connectivity index (χ2v) is 12.1. The van der Waals surface area contributed by atoms with E-state index in [1.165, 1.54) is 15.8 Å². The van der Waals surface area contributed by atoms with E-state index in [1.807, 2.05) is 50.1 Å². The van der Waals surface area contributed by atoms with Crippen LogP contribution in [0.1, 0.15) is 71.2 Å². The standard InChI is InChI=1S/C26H34N2O2S/c1-17(2)19-8-9-21-20(14-19)23(31-25(3,4)5)22(15-26(6,7)24(29)30)28(21)16-18-10-12-27-13-11-18/h8-14,17H,15-16H2,1-7H3,(H,29,30). The van der Waals surface area contributed by atoms with Crippen LogP contribution in [-0.2, 0) is 17.8 Å². The zero-order valence-electron chi connectivity index (χ0n) is 19.7. The fraction of sp³-hybridized carbons (Fsp3) is 0.462. The van der Waals surface area contributed by atoms with Gasteiger partial charge in [0.25, 0.3) is 0 Å². The summed E-state index contributed by atoms with van der Waals surface area (Å²) >= 11 is 1.83. The maximum absolute atomic E-state index is 12.0. The number of aromatic nitrogens is 2. The highest BCUT2D eigenvalue weighted by Gasteiger charge is 2.32. The van der Waals surface area contributed by atoms with Crippen LogP contribution in [0.5, 0.6) is 0 Å². The van der Waals surface area contributed by atoms with Crippen LogP contribution in [0.15, 0.2) is 47.6 Å². The Kier molecular flexibility index (Phi) is 6.56. The van der Waals surface area contributed by atoms with Crippen molar-refractivity contribution in [2.24, 2.45) is 5.41 Å². The van der Waals surface area contributed by atoms with Gasteiger partial charge in [-0.05, 0) is 55.2 Å². The molecule has 31 heavy (non-hydrogen) atoms. The maximum atomic E-state index is 12.0. The molecule has 2 heterocycles. The Morgan fingerprint density at radius 3 is 2.29 bits per heavy atom. The van der Waals surface area contributed by atoms with Crippen molar-refractivity contribution < 1.29 is 9.90 Å². The van der Waals surface area contributed by atoms with E-state index in [-0.39, 0.29) is 4.75 Å². The van der Waals surface area contributed by atoms with E-state index in [2.05, 4.69) is 62.4 Å². The first kappa shape index (κ1) is 23.4. The first-order valence-electron chi connectivity index (χ1n) is 10.9. The van der Waals surface area contributed by atoms with E-state index in [4.69, 9.17) is 0 Å². The Labute approximate surface area is 190 Å². The lowest BCUT2D eigenvalue weighted by Gasteiger charge is -2.24. The molecule has 0 radical (unpaired) electrons. The first-order valence-corrected chi connectivity index (χ1v) is 11.7. The number of carboxylic acids is 1. The Hall–Kier alpha value is -2.27. The van der Waals surface area contributed by atoms with Crippen LogP contribution in [0.2, 0.25) is 0 Å². The number of thioether (sulfide) groups is 1. The molecule has 2 aromatic heterocycles.